The van der Waals surface area contributed by atoms with Crippen LogP contribution in [0.5, 0.6) is 0 Å². The normalized spacial score (nSPS) is 29.9. The molecule has 3 aliphatic rings. The molecule has 0 bridgehead atoms. The summed E-state index contributed by atoms with van der Waals surface area (Å²) in [5.74, 6) is -0.484. The molecule has 5 rings (SSSR count). The van der Waals surface area contributed by atoms with Crippen molar-refractivity contribution in [1.82, 2.24) is 10.2 Å². The minimum Gasteiger partial charge on any atom is -0.340 e. The number of piperazine rings is 1. The first-order valence-corrected chi connectivity index (χ1v) is 11.8. The number of nitrogens with zero attached hydrogens (tertiary/aromatic N) is 2. The van der Waals surface area contributed by atoms with Gasteiger partial charge in [-0.05, 0) is 36.0 Å². The van der Waals surface area contributed by atoms with Crippen LogP contribution in [0.3, 0.4) is 0 Å². The van der Waals surface area contributed by atoms with Gasteiger partial charge >= 0.3 is 0 Å². The van der Waals surface area contributed by atoms with E-state index in [1.165, 1.54) is 6.92 Å². The molecule has 3 amide bonds. The van der Waals surface area contributed by atoms with Crippen molar-refractivity contribution in [2.75, 3.05) is 4.90 Å². The van der Waals surface area contributed by atoms with Crippen LogP contribution in [0.15, 0.2) is 67.3 Å². The number of fused-ring (bicyclic) bond motifs is 5. The molecule has 34 heavy (non-hydrogen) atoms. The molecule has 0 aliphatic carbocycles. The lowest BCUT2D eigenvalue weighted by Crippen LogP contribution is -2.71. The van der Waals surface area contributed by atoms with Gasteiger partial charge in [-0.25, -0.2) is 0 Å². The number of carbonyl (C=O) groups excluding carboxylic acids is 3. The third-order valence-corrected chi connectivity index (χ3v) is 8.25. The predicted octanol–water partition coefficient (Wildman–Crippen LogP) is 3.56. The summed E-state index contributed by atoms with van der Waals surface area (Å²) in [5, 5.41) is 3.05. The van der Waals surface area contributed by atoms with Gasteiger partial charge in [-0.3, -0.25) is 19.3 Å². The molecule has 2 aromatic carbocycles. The largest absolute Gasteiger partial charge is 0.340 e. The second-order valence-electron chi connectivity index (χ2n) is 10.6. The molecular weight excluding hydrogens is 426 g/mol. The monoisotopic (exact) mass is 457 g/mol. The van der Waals surface area contributed by atoms with Crippen molar-refractivity contribution in [1.29, 1.82) is 0 Å². The maximum absolute atomic E-state index is 14.2. The topological polar surface area (TPSA) is 69.7 Å². The summed E-state index contributed by atoms with van der Waals surface area (Å²) in [6.45, 7) is 11.6. The Morgan fingerprint density at radius 3 is 2.44 bits per heavy atom. The van der Waals surface area contributed by atoms with E-state index >= 15 is 0 Å². The van der Waals surface area contributed by atoms with Crippen LogP contribution in [0.2, 0.25) is 0 Å². The fourth-order valence-electron chi connectivity index (χ4n) is 6.46. The molecule has 2 aromatic rings. The summed E-state index contributed by atoms with van der Waals surface area (Å²) < 4.78 is 0. The van der Waals surface area contributed by atoms with Gasteiger partial charge in [0.1, 0.15) is 17.7 Å². The average Bonchev–Trinajstić information content (AvgIpc) is 3.30. The van der Waals surface area contributed by atoms with Gasteiger partial charge in [-0.1, -0.05) is 68.5 Å². The van der Waals surface area contributed by atoms with Crippen molar-refractivity contribution >= 4 is 23.4 Å². The predicted molar refractivity (Wildman–Crippen MR) is 131 cm³/mol. The zero-order valence-electron chi connectivity index (χ0n) is 20.2. The van der Waals surface area contributed by atoms with Crippen LogP contribution in [0, 0.1) is 5.41 Å². The van der Waals surface area contributed by atoms with Crippen molar-refractivity contribution in [2.24, 2.45) is 5.41 Å². The molecule has 0 spiro atoms. The van der Waals surface area contributed by atoms with Gasteiger partial charge in [-0.15, -0.1) is 6.58 Å². The third kappa shape index (κ3) is 2.77. The van der Waals surface area contributed by atoms with Crippen LogP contribution in [-0.2, 0) is 26.2 Å². The van der Waals surface area contributed by atoms with Gasteiger partial charge in [0, 0.05) is 24.4 Å². The van der Waals surface area contributed by atoms with Crippen LogP contribution in [0.25, 0.3) is 0 Å². The molecule has 4 atom stereocenters. The second kappa shape index (κ2) is 7.29. The number of carbonyl (C=O) groups is 3. The first-order chi connectivity index (χ1) is 16.1. The Morgan fingerprint density at radius 2 is 1.79 bits per heavy atom. The lowest BCUT2D eigenvalue weighted by atomic mass is 9.60. The standard InChI is InChI=1S/C28H31N3O3/c1-6-26(3,4)28-17-22-23(33)29-27(5,16-19-12-8-7-9-13-19)25(34)31(22)24(28)30(18(2)32)21-15-11-10-14-20(21)28/h6-15,22,24H,1,16-17H2,2-5H3,(H,29,33)/t22-,24-,27?,28+/m0/s1. The maximum Gasteiger partial charge on any atom is 0.250 e. The Bertz CT molecular complexity index is 1210. The van der Waals surface area contributed by atoms with E-state index in [0.29, 0.717) is 12.8 Å². The van der Waals surface area contributed by atoms with Crippen molar-refractivity contribution in [3.8, 4) is 0 Å². The molecule has 0 radical (unpaired) electrons. The van der Waals surface area contributed by atoms with Gasteiger partial charge in [0.2, 0.25) is 11.8 Å². The molecule has 176 valence electrons. The summed E-state index contributed by atoms with van der Waals surface area (Å²) in [6.07, 6.45) is 2.09. The quantitative estimate of drug-likeness (QED) is 0.714. The summed E-state index contributed by atoms with van der Waals surface area (Å²) in [7, 11) is 0. The molecule has 0 saturated carbocycles. The second-order valence-corrected chi connectivity index (χ2v) is 10.6. The van der Waals surface area contributed by atoms with E-state index in [1.54, 1.807) is 16.7 Å². The van der Waals surface area contributed by atoms with Crippen LogP contribution < -0.4 is 10.2 Å². The fourth-order valence-corrected chi connectivity index (χ4v) is 6.46. The number of para-hydroxylation sites is 1. The lowest BCUT2D eigenvalue weighted by molar-refractivity contribution is -0.154. The molecule has 2 saturated heterocycles. The number of anilines is 1. The lowest BCUT2D eigenvalue weighted by Gasteiger charge is -2.48. The highest BCUT2D eigenvalue weighted by Gasteiger charge is 2.70. The van der Waals surface area contributed by atoms with Crippen LogP contribution in [0.4, 0.5) is 5.69 Å². The number of allylic oxidation sites excluding steroid dienone is 1. The molecule has 0 aromatic heterocycles. The summed E-state index contributed by atoms with van der Waals surface area (Å²) in [6, 6.07) is 16.9. The van der Waals surface area contributed by atoms with Gasteiger partial charge < -0.3 is 10.2 Å². The minimum absolute atomic E-state index is 0.150. The van der Waals surface area contributed by atoms with Crippen LogP contribution >= 0.6 is 0 Å². The van der Waals surface area contributed by atoms with E-state index in [-0.39, 0.29) is 17.7 Å². The minimum atomic E-state index is -1.11. The zero-order valence-corrected chi connectivity index (χ0v) is 20.2. The van der Waals surface area contributed by atoms with E-state index in [2.05, 4.69) is 25.7 Å². The number of rotatable bonds is 4. The third-order valence-electron chi connectivity index (χ3n) is 8.25. The SMILES string of the molecule is C=CC(C)(C)[C@@]12C[C@H]3C(=O)NC(C)(Cc4ccccc4)C(=O)N3[C@@H]1N(C(C)=O)c1ccccc12. The van der Waals surface area contributed by atoms with Crippen molar-refractivity contribution in [3.05, 3.63) is 78.4 Å². The molecule has 6 nitrogen and oxygen atoms in total. The fraction of sp³-hybridized carbons (Fsp3) is 0.393. The maximum atomic E-state index is 14.2. The molecule has 1 unspecified atom stereocenters. The number of nitrogens with one attached hydrogen (secondary N) is 1. The zero-order chi connectivity index (χ0) is 24.5. The number of amides is 3. The van der Waals surface area contributed by atoms with E-state index in [9.17, 15) is 14.4 Å². The number of benzene rings is 2. The van der Waals surface area contributed by atoms with E-state index in [1.807, 2.05) is 60.7 Å². The summed E-state index contributed by atoms with van der Waals surface area (Å²) >= 11 is 0. The van der Waals surface area contributed by atoms with Gasteiger partial charge in [0.05, 0.1) is 0 Å². The number of hydrogen-bond donors (Lipinski definition) is 1. The van der Waals surface area contributed by atoms with Crippen LogP contribution in [0.1, 0.15) is 45.2 Å². The first-order valence-electron chi connectivity index (χ1n) is 11.8. The van der Waals surface area contributed by atoms with E-state index in [4.69, 9.17) is 0 Å². The Morgan fingerprint density at radius 1 is 1.15 bits per heavy atom. The van der Waals surface area contributed by atoms with E-state index < -0.39 is 28.6 Å². The molecule has 6 heteroatoms. The van der Waals surface area contributed by atoms with Crippen molar-refractivity contribution in [2.45, 2.75) is 63.7 Å². The smallest absolute Gasteiger partial charge is 0.250 e. The van der Waals surface area contributed by atoms with Gasteiger partial charge in [-0.2, -0.15) is 0 Å². The van der Waals surface area contributed by atoms with E-state index in [0.717, 1.165) is 16.8 Å². The molecule has 2 fully saturated rings. The average molecular weight is 458 g/mol. The molecule has 1 N–H and O–H groups in total. The summed E-state index contributed by atoms with van der Waals surface area (Å²) in [4.78, 5) is 44.3. The molecular formula is C28H31N3O3. The first kappa shape index (κ1) is 22.4. The van der Waals surface area contributed by atoms with Crippen LogP contribution in [-0.4, -0.2) is 40.4 Å². The Kier molecular flexibility index (Phi) is 4.80. The molecule has 3 aliphatic heterocycles. The number of hydrogen-bond acceptors (Lipinski definition) is 3. The van der Waals surface area contributed by atoms with Gasteiger partial charge in [0.25, 0.3) is 5.91 Å². The Labute approximate surface area is 200 Å². The van der Waals surface area contributed by atoms with Crippen molar-refractivity contribution < 1.29 is 14.4 Å². The molecule has 3 heterocycles. The highest BCUT2D eigenvalue weighted by atomic mass is 16.2. The van der Waals surface area contributed by atoms with Crippen molar-refractivity contribution in [3.63, 3.8) is 0 Å². The Hall–Kier alpha value is -3.41. The Balaban J connectivity index is 1.69. The van der Waals surface area contributed by atoms with Gasteiger partial charge in [0.15, 0.2) is 0 Å². The highest BCUT2D eigenvalue weighted by molar-refractivity contribution is 6.04. The summed E-state index contributed by atoms with van der Waals surface area (Å²) in [5.41, 5.74) is 0.489. The highest BCUT2D eigenvalue weighted by Crippen LogP contribution is 2.62.